The molecule has 6 heteroatoms. The van der Waals surface area contributed by atoms with Gasteiger partial charge in [-0.05, 0) is 19.1 Å². The summed E-state index contributed by atoms with van der Waals surface area (Å²) in [5.74, 6) is -0.985. The van der Waals surface area contributed by atoms with Gasteiger partial charge in [0.25, 0.3) is 0 Å². The second kappa shape index (κ2) is 5.03. The number of rotatable bonds is 4. The first-order valence-electron chi connectivity index (χ1n) is 5.43. The number of hydrogen-bond donors (Lipinski definition) is 0. The molecule has 0 bridgehead atoms. The largest absolute Gasteiger partial charge is 0.494 e. The van der Waals surface area contributed by atoms with E-state index in [9.17, 15) is 9.18 Å². The smallest absolute Gasteiger partial charge is 0.312 e. The van der Waals surface area contributed by atoms with Crippen LogP contribution in [0.1, 0.15) is 12.6 Å². The third-order valence-electron chi connectivity index (χ3n) is 2.45. The molecule has 0 N–H and O–H groups in total. The summed E-state index contributed by atoms with van der Waals surface area (Å²) in [7, 11) is 1.36. The molecule has 1 aromatic heterocycles. The molecule has 1 aromatic carbocycles. The van der Waals surface area contributed by atoms with Crippen molar-refractivity contribution in [2.45, 2.75) is 13.3 Å². The van der Waals surface area contributed by atoms with Crippen molar-refractivity contribution < 1.29 is 23.2 Å². The van der Waals surface area contributed by atoms with Crippen LogP contribution in [0, 0.1) is 5.82 Å². The van der Waals surface area contributed by atoms with Gasteiger partial charge in [-0.3, -0.25) is 4.79 Å². The summed E-state index contributed by atoms with van der Waals surface area (Å²) >= 11 is 0. The second-order valence-corrected chi connectivity index (χ2v) is 3.57. The van der Waals surface area contributed by atoms with Crippen LogP contribution >= 0.6 is 0 Å². The molecule has 0 amide bonds. The number of ether oxygens (including phenoxy) is 2. The van der Waals surface area contributed by atoms with Gasteiger partial charge in [0.1, 0.15) is 5.69 Å². The summed E-state index contributed by atoms with van der Waals surface area (Å²) < 4.78 is 28.6. The molecule has 0 aliphatic carbocycles. The van der Waals surface area contributed by atoms with Gasteiger partial charge in [0.05, 0.1) is 25.5 Å². The molecule has 2 rings (SSSR count). The lowest BCUT2D eigenvalue weighted by atomic mass is 10.1. The molecular formula is C12H12FNO4. The van der Waals surface area contributed by atoms with E-state index in [0.717, 1.165) is 0 Å². The zero-order chi connectivity index (χ0) is 13.1. The molecule has 96 valence electrons. The molecular weight excluding hydrogens is 241 g/mol. The minimum Gasteiger partial charge on any atom is -0.494 e. The maximum Gasteiger partial charge on any atom is 0.312 e. The zero-order valence-electron chi connectivity index (χ0n) is 10.0. The van der Waals surface area contributed by atoms with Gasteiger partial charge in [-0.25, -0.2) is 4.39 Å². The average molecular weight is 253 g/mol. The SMILES string of the molecule is CCOC(=O)Cc1noc2ccc(OC)c(F)c12. The Morgan fingerprint density at radius 3 is 2.94 bits per heavy atom. The predicted molar refractivity (Wildman–Crippen MR) is 60.9 cm³/mol. The van der Waals surface area contributed by atoms with Crippen molar-refractivity contribution in [2.75, 3.05) is 13.7 Å². The molecule has 0 radical (unpaired) electrons. The number of esters is 1. The van der Waals surface area contributed by atoms with Crippen molar-refractivity contribution in [2.24, 2.45) is 0 Å². The zero-order valence-corrected chi connectivity index (χ0v) is 10.0. The van der Waals surface area contributed by atoms with Crippen LogP contribution in [-0.2, 0) is 16.0 Å². The maximum atomic E-state index is 14.0. The molecule has 5 nitrogen and oxygen atoms in total. The monoisotopic (exact) mass is 253 g/mol. The highest BCUT2D eigenvalue weighted by Gasteiger charge is 2.19. The van der Waals surface area contributed by atoms with E-state index in [4.69, 9.17) is 14.0 Å². The van der Waals surface area contributed by atoms with E-state index >= 15 is 0 Å². The van der Waals surface area contributed by atoms with Crippen LogP contribution < -0.4 is 4.74 Å². The topological polar surface area (TPSA) is 61.6 Å². The van der Waals surface area contributed by atoms with Crippen molar-refractivity contribution in [3.63, 3.8) is 0 Å². The number of carbonyl (C=O) groups is 1. The first-order valence-corrected chi connectivity index (χ1v) is 5.43. The van der Waals surface area contributed by atoms with Crippen molar-refractivity contribution in [1.29, 1.82) is 0 Å². The molecule has 0 unspecified atom stereocenters. The van der Waals surface area contributed by atoms with Crippen molar-refractivity contribution in [1.82, 2.24) is 5.16 Å². The number of carbonyl (C=O) groups excluding carboxylic acids is 1. The van der Waals surface area contributed by atoms with E-state index < -0.39 is 11.8 Å². The lowest BCUT2D eigenvalue weighted by Crippen LogP contribution is -2.08. The highest BCUT2D eigenvalue weighted by molar-refractivity contribution is 5.85. The van der Waals surface area contributed by atoms with Gasteiger partial charge in [0.15, 0.2) is 17.1 Å². The lowest BCUT2D eigenvalue weighted by Gasteiger charge is -2.02. The Bertz CT molecular complexity index is 579. The van der Waals surface area contributed by atoms with Gasteiger partial charge < -0.3 is 14.0 Å². The van der Waals surface area contributed by atoms with E-state index in [1.165, 1.54) is 13.2 Å². The predicted octanol–water partition coefficient (Wildman–Crippen LogP) is 2.08. The number of nitrogens with zero attached hydrogens (tertiary/aromatic N) is 1. The van der Waals surface area contributed by atoms with Crippen LogP contribution in [0.4, 0.5) is 4.39 Å². The fourth-order valence-electron chi connectivity index (χ4n) is 1.66. The van der Waals surface area contributed by atoms with Gasteiger partial charge in [-0.2, -0.15) is 0 Å². The first-order chi connectivity index (χ1) is 8.67. The van der Waals surface area contributed by atoms with Crippen molar-refractivity contribution in [3.8, 4) is 5.75 Å². The Morgan fingerprint density at radius 2 is 2.28 bits per heavy atom. The van der Waals surface area contributed by atoms with E-state index in [2.05, 4.69) is 5.16 Å². The lowest BCUT2D eigenvalue weighted by molar-refractivity contribution is -0.142. The van der Waals surface area contributed by atoms with Crippen LogP contribution in [0.15, 0.2) is 16.7 Å². The third kappa shape index (κ3) is 2.13. The Kier molecular flexibility index (Phi) is 3.45. The quantitative estimate of drug-likeness (QED) is 0.781. The second-order valence-electron chi connectivity index (χ2n) is 3.57. The molecule has 0 saturated heterocycles. The summed E-state index contributed by atoms with van der Waals surface area (Å²) in [5, 5.41) is 3.84. The van der Waals surface area contributed by atoms with E-state index in [-0.39, 0.29) is 35.4 Å². The fourth-order valence-corrected chi connectivity index (χ4v) is 1.66. The standard InChI is InChI=1S/C12H12FNO4/c1-3-17-10(15)6-7-11-8(18-14-7)4-5-9(16-2)12(11)13/h4-5H,3,6H2,1-2H3. The minimum atomic E-state index is -0.587. The number of halogens is 1. The van der Waals surface area contributed by atoms with Gasteiger partial charge in [-0.1, -0.05) is 5.16 Å². The molecule has 1 heterocycles. The van der Waals surface area contributed by atoms with E-state index in [1.54, 1.807) is 13.0 Å². The molecule has 2 aromatic rings. The molecule has 0 spiro atoms. The molecule has 0 aliphatic heterocycles. The summed E-state index contributed by atoms with van der Waals surface area (Å²) in [4.78, 5) is 11.4. The van der Waals surface area contributed by atoms with Crippen LogP contribution in [0.5, 0.6) is 5.75 Å². The molecule has 18 heavy (non-hydrogen) atoms. The third-order valence-corrected chi connectivity index (χ3v) is 2.45. The van der Waals surface area contributed by atoms with Crippen LogP contribution in [0.2, 0.25) is 0 Å². The van der Waals surface area contributed by atoms with Crippen molar-refractivity contribution >= 4 is 16.9 Å². The highest BCUT2D eigenvalue weighted by Crippen LogP contribution is 2.29. The molecule has 0 fully saturated rings. The molecule has 0 aliphatic rings. The molecule has 0 saturated carbocycles. The number of hydrogen-bond acceptors (Lipinski definition) is 5. The Hall–Kier alpha value is -2.11. The van der Waals surface area contributed by atoms with Crippen molar-refractivity contribution in [3.05, 3.63) is 23.6 Å². The maximum absolute atomic E-state index is 14.0. The summed E-state index contributed by atoms with van der Waals surface area (Å²) in [6.45, 7) is 1.96. The normalized spacial score (nSPS) is 10.6. The van der Waals surface area contributed by atoms with E-state index in [1.807, 2.05) is 0 Å². The Morgan fingerprint density at radius 1 is 1.50 bits per heavy atom. The van der Waals surface area contributed by atoms with Gasteiger partial charge >= 0.3 is 5.97 Å². The summed E-state index contributed by atoms with van der Waals surface area (Å²) in [6, 6.07) is 2.98. The Labute approximate surface area is 102 Å². The number of benzene rings is 1. The van der Waals surface area contributed by atoms with Crippen LogP contribution in [0.3, 0.4) is 0 Å². The Balaban J connectivity index is 2.42. The fraction of sp³-hybridized carbons (Fsp3) is 0.333. The van der Waals surface area contributed by atoms with Gasteiger partial charge in [0, 0.05) is 0 Å². The van der Waals surface area contributed by atoms with Gasteiger partial charge in [0.2, 0.25) is 0 Å². The first kappa shape index (κ1) is 12.3. The number of methoxy groups -OCH3 is 1. The highest BCUT2D eigenvalue weighted by atomic mass is 19.1. The number of fused-ring (bicyclic) bond motifs is 1. The van der Waals surface area contributed by atoms with E-state index in [0.29, 0.717) is 0 Å². The summed E-state index contributed by atoms with van der Waals surface area (Å²) in [6.07, 6.45) is -0.134. The van der Waals surface area contributed by atoms with Crippen LogP contribution in [0.25, 0.3) is 11.0 Å². The van der Waals surface area contributed by atoms with Gasteiger partial charge in [-0.15, -0.1) is 0 Å². The van der Waals surface area contributed by atoms with Crippen LogP contribution in [-0.4, -0.2) is 24.8 Å². The average Bonchev–Trinajstić information content (AvgIpc) is 2.74. The minimum absolute atomic E-state index is 0.0795. The number of aromatic nitrogens is 1. The molecule has 0 atom stereocenters. The summed E-state index contributed by atoms with van der Waals surface area (Å²) in [5.41, 5.74) is 0.479.